The Morgan fingerprint density at radius 1 is 1.45 bits per heavy atom. The van der Waals surface area contributed by atoms with E-state index >= 15 is 0 Å². The Bertz CT molecular complexity index is 603. The molecule has 2 aromatic heterocycles. The molecule has 0 aromatic carbocycles. The van der Waals surface area contributed by atoms with E-state index < -0.39 is 0 Å². The number of amides is 1. The van der Waals surface area contributed by atoms with Crippen LogP contribution < -0.4 is 5.32 Å². The van der Waals surface area contributed by atoms with Gasteiger partial charge in [-0.1, -0.05) is 0 Å². The van der Waals surface area contributed by atoms with E-state index in [9.17, 15) is 4.79 Å². The predicted octanol–water partition coefficient (Wildman–Crippen LogP) is 2.45. The second-order valence-corrected chi connectivity index (χ2v) is 6.29. The third-order valence-electron chi connectivity index (χ3n) is 3.77. The van der Waals surface area contributed by atoms with Crippen LogP contribution in [0.3, 0.4) is 0 Å². The van der Waals surface area contributed by atoms with Gasteiger partial charge in [0.15, 0.2) is 0 Å². The number of morpholine rings is 1. The monoisotopic (exact) mass is 320 g/mol. The molecule has 2 aromatic rings. The van der Waals surface area contributed by atoms with Gasteiger partial charge in [-0.3, -0.25) is 9.69 Å². The van der Waals surface area contributed by atoms with Gasteiger partial charge in [0.2, 0.25) is 0 Å². The van der Waals surface area contributed by atoms with Crippen molar-refractivity contribution in [2.24, 2.45) is 0 Å². The molecule has 0 aliphatic carbocycles. The van der Waals surface area contributed by atoms with Crippen LogP contribution in [0.25, 0.3) is 0 Å². The molecule has 1 N–H and O–H groups in total. The lowest BCUT2D eigenvalue weighted by atomic mass is 10.1. The van der Waals surface area contributed by atoms with Crippen LogP contribution in [0.5, 0.6) is 0 Å². The van der Waals surface area contributed by atoms with Crippen LogP contribution in [0.2, 0.25) is 0 Å². The van der Waals surface area contributed by atoms with Crippen molar-refractivity contribution in [3.05, 3.63) is 46.0 Å². The first kappa shape index (κ1) is 15.3. The number of rotatable bonds is 5. The molecule has 6 heteroatoms. The summed E-state index contributed by atoms with van der Waals surface area (Å²) in [5.41, 5.74) is 1.12. The van der Waals surface area contributed by atoms with Gasteiger partial charge in [0, 0.05) is 19.6 Å². The topological polar surface area (TPSA) is 54.7 Å². The molecule has 0 saturated carbocycles. The summed E-state index contributed by atoms with van der Waals surface area (Å²) in [5, 5.41) is 5.01. The molecule has 118 valence electrons. The average Bonchev–Trinajstić information content (AvgIpc) is 3.20. The van der Waals surface area contributed by atoms with Gasteiger partial charge in [-0.15, -0.1) is 11.3 Å². The van der Waals surface area contributed by atoms with Crippen LogP contribution >= 0.6 is 11.3 Å². The van der Waals surface area contributed by atoms with Crippen LogP contribution in [0.4, 0.5) is 0 Å². The molecular weight excluding hydrogens is 300 g/mol. The Kier molecular flexibility index (Phi) is 4.92. The van der Waals surface area contributed by atoms with E-state index in [-0.39, 0.29) is 11.9 Å². The van der Waals surface area contributed by atoms with E-state index in [4.69, 9.17) is 9.15 Å². The van der Waals surface area contributed by atoms with Crippen molar-refractivity contribution in [1.82, 2.24) is 10.2 Å². The second kappa shape index (κ2) is 7.09. The highest BCUT2D eigenvalue weighted by Gasteiger charge is 2.25. The van der Waals surface area contributed by atoms with E-state index in [2.05, 4.69) is 10.2 Å². The van der Waals surface area contributed by atoms with Crippen LogP contribution in [0, 0.1) is 6.92 Å². The third kappa shape index (κ3) is 3.58. The summed E-state index contributed by atoms with van der Waals surface area (Å²) in [7, 11) is 0. The van der Waals surface area contributed by atoms with E-state index in [1.54, 1.807) is 6.26 Å². The van der Waals surface area contributed by atoms with Crippen molar-refractivity contribution in [3.63, 3.8) is 0 Å². The van der Waals surface area contributed by atoms with Crippen molar-refractivity contribution in [2.45, 2.75) is 13.0 Å². The van der Waals surface area contributed by atoms with Gasteiger partial charge in [0.05, 0.1) is 30.4 Å². The number of thiophene rings is 1. The van der Waals surface area contributed by atoms with Gasteiger partial charge in [0.25, 0.3) is 5.91 Å². The molecule has 0 spiro atoms. The smallest absolute Gasteiger partial charge is 0.261 e. The fourth-order valence-corrected chi connectivity index (χ4v) is 3.42. The van der Waals surface area contributed by atoms with Crippen LogP contribution in [-0.4, -0.2) is 43.7 Å². The largest absolute Gasteiger partial charge is 0.468 e. The summed E-state index contributed by atoms with van der Waals surface area (Å²) in [4.78, 5) is 15.3. The summed E-state index contributed by atoms with van der Waals surface area (Å²) < 4.78 is 11.0. The molecule has 1 amide bonds. The fraction of sp³-hybridized carbons (Fsp3) is 0.438. The van der Waals surface area contributed by atoms with Gasteiger partial charge in [-0.05, 0) is 36.1 Å². The van der Waals surface area contributed by atoms with Gasteiger partial charge >= 0.3 is 0 Å². The number of carbonyl (C=O) groups is 1. The Hall–Kier alpha value is -1.63. The van der Waals surface area contributed by atoms with Crippen molar-refractivity contribution >= 4 is 17.2 Å². The molecule has 1 unspecified atom stereocenters. The number of nitrogens with one attached hydrogen (secondary N) is 1. The maximum absolute atomic E-state index is 12.2. The van der Waals surface area contributed by atoms with Crippen LogP contribution in [0.15, 0.2) is 34.3 Å². The minimum absolute atomic E-state index is 0.0251. The Labute approximate surface area is 133 Å². The summed E-state index contributed by atoms with van der Waals surface area (Å²) in [5.74, 6) is 0.854. The molecule has 0 bridgehead atoms. The summed E-state index contributed by atoms with van der Waals surface area (Å²) >= 11 is 1.47. The Morgan fingerprint density at radius 2 is 2.27 bits per heavy atom. The quantitative estimate of drug-likeness (QED) is 0.919. The predicted molar refractivity (Wildman–Crippen MR) is 85.2 cm³/mol. The van der Waals surface area contributed by atoms with E-state index in [1.807, 2.05) is 30.5 Å². The normalized spacial score (nSPS) is 17.3. The summed E-state index contributed by atoms with van der Waals surface area (Å²) in [6, 6.07) is 5.80. The standard InChI is InChI=1S/C16H20N2O3S/c1-12-9-15(22-11-12)16(19)17-10-13(14-3-2-6-21-14)18-4-7-20-8-5-18/h2-3,6,9,11,13H,4-5,7-8,10H2,1H3,(H,17,19). The highest BCUT2D eigenvalue weighted by Crippen LogP contribution is 2.22. The molecule has 3 rings (SSSR count). The minimum atomic E-state index is -0.0251. The van der Waals surface area contributed by atoms with Crippen LogP contribution in [-0.2, 0) is 4.74 Å². The molecular formula is C16H20N2O3S. The first-order chi connectivity index (χ1) is 10.7. The maximum atomic E-state index is 12.2. The van der Waals surface area contributed by atoms with Crippen LogP contribution in [0.1, 0.15) is 27.0 Å². The maximum Gasteiger partial charge on any atom is 0.261 e. The zero-order valence-electron chi connectivity index (χ0n) is 12.6. The third-order valence-corrected chi connectivity index (χ3v) is 4.82. The molecule has 1 aliphatic rings. The number of ether oxygens (including phenoxy) is 1. The van der Waals surface area contributed by atoms with Crippen molar-refractivity contribution in [1.29, 1.82) is 0 Å². The first-order valence-electron chi connectivity index (χ1n) is 7.42. The second-order valence-electron chi connectivity index (χ2n) is 5.38. The lowest BCUT2D eigenvalue weighted by molar-refractivity contribution is 0.0118. The van der Waals surface area contributed by atoms with Gasteiger partial charge < -0.3 is 14.5 Å². The zero-order valence-corrected chi connectivity index (χ0v) is 13.4. The number of carbonyl (C=O) groups excluding carboxylic acids is 1. The SMILES string of the molecule is Cc1csc(C(=O)NCC(c2ccco2)N2CCOCC2)c1. The van der Waals surface area contributed by atoms with Crippen molar-refractivity contribution in [3.8, 4) is 0 Å². The number of hydrogen-bond donors (Lipinski definition) is 1. The number of nitrogens with zero attached hydrogens (tertiary/aromatic N) is 1. The molecule has 1 saturated heterocycles. The summed E-state index contributed by atoms with van der Waals surface area (Å²) in [6.45, 7) is 5.65. The average molecular weight is 320 g/mol. The molecule has 1 aliphatic heterocycles. The number of furan rings is 1. The van der Waals surface area contributed by atoms with Gasteiger partial charge in [0.1, 0.15) is 5.76 Å². The fourth-order valence-electron chi connectivity index (χ4n) is 2.61. The minimum Gasteiger partial charge on any atom is -0.468 e. The van der Waals surface area contributed by atoms with Crippen molar-refractivity contribution < 1.29 is 13.9 Å². The molecule has 1 atom stereocenters. The number of hydrogen-bond acceptors (Lipinski definition) is 5. The van der Waals surface area contributed by atoms with E-state index in [0.717, 1.165) is 42.5 Å². The molecule has 3 heterocycles. The lowest BCUT2D eigenvalue weighted by Crippen LogP contribution is -2.43. The number of aryl methyl sites for hydroxylation is 1. The highest BCUT2D eigenvalue weighted by molar-refractivity contribution is 7.12. The Balaban J connectivity index is 1.66. The Morgan fingerprint density at radius 3 is 2.91 bits per heavy atom. The van der Waals surface area contributed by atoms with E-state index in [0.29, 0.717) is 6.54 Å². The lowest BCUT2D eigenvalue weighted by Gasteiger charge is -2.33. The molecule has 22 heavy (non-hydrogen) atoms. The first-order valence-corrected chi connectivity index (χ1v) is 8.30. The van der Waals surface area contributed by atoms with Crippen molar-refractivity contribution in [2.75, 3.05) is 32.8 Å². The van der Waals surface area contributed by atoms with Gasteiger partial charge in [-0.2, -0.15) is 0 Å². The summed E-state index contributed by atoms with van der Waals surface area (Å²) in [6.07, 6.45) is 1.67. The molecule has 1 fully saturated rings. The van der Waals surface area contributed by atoms with Gasteiger partial charge in [-0.25, -0.2) is 0 Å². The highest BCUT2D eigenvalue weighted by atomic mass is 32.1. The zero-order chi connectivity index (χ0) is 15.4. The molecule has 0 radical (unpaired) electrons. The van der Waals surface area contributed by atoms with E-state index in [1.165, 1.54) is 11.3 Å². The molecule has 5 nitrogen and oxygen atoms in total.